The van der Waals surface area contributed by atoms with Gasteiger partial charge in [-0.3, -0.25) is 10.6 Å². The van der Waals surface area contributed by atoms with Gasteiger partial charge in [-0.2, -0.15) is 8.97 Å². The average Bonchev–Trinajstić information content (AvgIpc) is 3.80. The van der Waals surface area contributed by atoms with Gasteiger partial charge in [0.25, 0.3) is 0 Å². The number of hydrazine groups is 2. The Kier molecular flexibility index (Phi) is 9.35. The van der Waals surface area contributed by atoms with E-state index in [9.17, 15) is 19.2 Å². The number of carbonyl (C=O) groups is 4. The molecule has 2 saturated heterocycles. The molecule has 0 radical (unpaired) electrons. The van der Waals surface area contributed by atoms with Gasteiger partial charge in [0.1, 0.15) is 35.9 Å². The number of nitrogens with two attached hydrogens (primary N) is 2. The van der Waals surface area contributed by atoms with Crippen molar-refractivity contribution in [3.63, 3.8) is 0 Å². The molecule has 0 saturated carbocycles. The lowest BCUT2D eigenvalue weighted by Crippen LogP contribution is -2.66. The van der Waals surface area contributed by atoms with Crippen molar-refractivity contribution in [2.75, 3.05) is 26.2 Å². The second-order valence-corrected chi connectivity index (χ2v) is 13.1. The van der Waals surface area contributed by atoms with E-state index in [1.165, 1.54) is 36.4 Å². The Balaban J connectivity index is 1.36. The number of nitrogens with zero attached hydrogens (tertiary/aromatic N) is 2. The number of halogens is 2. The van der Waals surface area contributed by atoms with Crippen LogP contribution in [0.4, 0.5) is 18.4 Å². The van der Waals surface area contributed by atoms with Crippen LogP contribution in [0.25, 0.3) is 21.5 Å². The van der Waals surface area contributed by atoms with Crippen LogP contribution in [0.3, 0.4) is 0 Å². The predicted octanol–water partition coefficient (Wildman–Crippen LogP) is 3.70. The SMILES string of the molecule is NNC(=O)[N+]1(C(=O)c2ccccc2F)CCNC1Cc1c2ccccc2c(CC2NCC[N+]2(C(=O)NN)C(=O)c2ccccc2F)c2ccccc12. The first-order valence-electron chi connectivity index (χ1n) is 16.9. The summed E-state index contributed by atoms with van der Waals surface area (Å²) in [6.07, 6.45) is -1.28. The minimum atomic E-state index is -0.819. The first-order chi connectivity index (χ1) is 25.2. The summed E-state index contributed by atoms with van der Waals surface area (Å²) >= 11 is 0. The number of nitrogens with one attached hydrogen (secondary N) is 4. The molecule has 4 atom stereocenters. The lowest BCUT2D eigenvalue weighted by Gasteiger charge is -2.34. The van der Waals surface area contributed by atoms with Gasteiger partial charge < -0.3 is 0 Å². The van der Waals surface area contributed by atoms with E-state index in [1.807, 2.05) is 48.5 Å². The zero-order valence-electron chi connectivity index (χ0n) is 28.1. The number of urea groups is 2. The van der Waals surface area contributed by atoms with E-state index in [1.54, 1.807) is 12.1 Å². The highest BCUT2D eigenvalue weighted by molar-refractivity contribution is 6.06. The topological polar surface area (TPSA) is 168 Å². The molecule has 5 aromatic carbocycles. The lowest BCUT2D eigenvalue weighted by molar-refractivity contribution is -0.782. The molecular weight excluding hydrogens is 670 g/mol. The molecule has 0 bridgehead atoms. The standard InChI is InChI=1S/C38H36F2N8O4/c39-31-15-7-5-13-27(31)35(49)47(37(51)45-41)19-17-43-33(47)21-29-23-9-1-2-10-24(23)30(26-12-4-3-11-25(26)29)22-34-44-18-20-48(34,38(52)46-42)36(50)28-14-6-8-16-32(28)40/h1-16,33-34,43-44H,17-22,41-42H2/p+2. The maximum Gasteiger partial charge on any atom is 0.439 e. The fraction of sp³-hybridized carbons (Fsp3) is 0.211. The Labute approximate surface area is 297 Å². The molecule has 2 aliphatic rings. The molecule has 2 fully saturated rings. The molecule has 12 nitrogen and oxygen atoms in total. The number of benzene rings is 5. The summed E-state index contributed by atoms with van der Waals surface area (Å²) in [7, 11) is 0. The van der Waals surface area contributed by atoms with Gasteiger partial charge in [0, 0.05) is 12.8 Å². The van der Waals surface area contributed by atoms with Crippen molar-refractivity contribution in [1.29, 1.82) is 0 Å². The van der Waals surface area contributed by atoms with Crippen molar-refractivity contribution in [1.82, 2.24) is 21.5 Å². The summed E-state index contributed by atoms with van der Waals surface area (Å²) in [6, 6.07) is 24.8. The number of carbonyl (C=O) groups excluding carboxylic acids is 4. The Bertz CT molecular complexity index is 2040. The number of imide groups is 2. The van der Waals surface area contributed by atoms with Crippen molar-refractivity contribution in [2.24, 2.45) is 11.7 Å². The predicted molar refractivity (Wildman–Crippen MR) is 190 cm³/mol. The highest BCUT2D eigenvalue weighted by atomic mass is 19.1. The van der Waals surface area contributed by atoms with E-state index < -0.39 is 56.8 Å². The fourth-order valence-electron chi connectivity index (χ4n) is 8.12. The Hall–Kier alpha value is -5.48. The van der Waals surface area contributed by atoms with E-state index in [0.717, 1.165) is 32.7 Å². The molecule has 2 heterocycles. The van der Waals surface area contributed by atoms with Gasteiger partial charge in [-0.1, -0.05) is 72.8 Å². The molecule has 0 aliphatic carbocycles. The third kappa shape index (κ3) is 5.44. The first kappa shape index (κ1) is 34.9. The zero-order valence-corrected chi connectivity index (χ0v) is 28.1. The van der Waals surface area contributed by atoms with Crippen LogP contribution in [-0.2, 0) is 12.8 Å². The molecule has 7 rings (SSSR count). The molecule has 4 unspecified atom stereocenters. The van der Waals surface area contributed by atoms with Gasteiger partial charge >= 0.3 is 23.9 Å². The molecule has 5 aromatic rings. The second-order valence-electron chi connectivity index (χ2n) is 13.1. The van der Waals surface area contributed by atoms with E-state index in [4.69, 9.17) is 11.7 Å². The number of hydrogen-bond acceptors (Lipinski definition) is 8. The van der Waals surface area contributed by atoms with Crippen LogP contribution in [0.15, 0.2) is 97.1 Å². The van der Waals surface area contributed by atoms with E-state index >= 15 is 8.78 Å². The smallest absolute Gasteiger partial charge is 0.261 e. The van der Waals surface area contributed by atoms with Gasteiger partial charge in [0.15, 0.2) is 12.3 Å². The van der Waals surface area contributed by atoms with Crippen molar-refractivity contribution < 1.29 is 36.9 Å². The van der Waals surface area contributed by atoms with Gasteiger partial charge in [-0.25, -0.2) is 50.5 Å². The van der Waals surface area contributed by atoms with Crippen LogP contribution in [0.2, 0.25) is 0 Å². The number of fused-ring (bicyclic) bond motifs is 2. The lowest BCUT2D eigenvalue weighted by atomic mass is 9.87. The van der Waals surface area contributed by atoms with Gasteiger partial charge in [0.05, 0.1) is 13.1 Å². The van der Waals surface area contributed by atoms with Crippen LogP contribution in [0.5, 0.6) is 0 Å². The van der Waals surface area contributed by atoms with Gasteiger partial charge in [-0.05, 0) is 56.9 Å². The quantitative estimate of drug-likeness (QED) is 0.0511. The van der Waals surface area contributed by atoms with Crippen molar-refractivity contribution in [3.05, 3.63) is 131 Å². The average molecular weight is 709 g/mol. The van der Waals surface area contributed by atoms with Crippen molar-refractivity contribution >= 4 is 45.4 Å². The van der Waals surface area contributed by atoms with Gasteiger partial charge in [-0.15, -0.1) is 0 Å². The summed E-state index contributed by atoms with van der Waals surface area (Å²) in [5.41, 5.74) is 5.51. The fourth-order valence-corrected chi connectivity index (χ4v) is 8.12. The number of hydrogen-bond donors (Lipinski definition) is 6. The Morgan fingerprint density at radius 2 is 0.904 bits per heavy atom. The van der Waals surface area contributed by atoms with Crippen LogP contribution >= 0.6 is 0 Å². The molecule has 8 N–H and O–H groups in total. The van der Waals surface area contributed by atoms with E-state index in [-0.39, 0.29) is 37.1 Å². The number of rotatable bonds is 6. The molecule has 0 spiro atoms. The van der Waals surface area contributed by atoms with Gasteiger partial charge in [0.2, 0.25) is 0 Å². The third-order valence-electron chi connectivity index (χ3n) is 10.6. The molecule has 266 valence electrons. The third-order valence-corrected chi connectivity index (χ3v) is 10.6. The molecule has 0 aromatic heterocycles. The molecule has 52 heavy (non-hydrogen) atoms. The van der Waals surface area contributed by atoms with Crippen molar-refractivity contribution in [3.8, 4) is 0 Å². The summed E-state index contributed by atoms with van der Waals surface area (Å²) in [4.78, 5) is 55.5. The highest BCUT2D eigenvalue weighted by Gasteiger charge is 2.57. The number of quaternary nitrogens is 2. The summed E-state index contributed by atoms with van der Waals surface area (Å²) in [6.45, 7) is 0.667. The van der Waals surface area contributed by atoms with Crippen LogP contribution in [0.1, 0.15) is 31.8 Å². The minimum absolute atomic E-state index is 0.0431. The van der Waals surface area contributed by atoms with E-state index in [0.29, 0.717) is 13.1 Å². The van der Waals surface area contributed by atoms with Crippen LogP contribution < -0.4 is 33.2 Å². The molecule has 2 aliphatic heterocycles. The minimum Gasteiger partial charge on any atom is -0.261 e. The molecular formula is C38H38F2N8O4+2. The molecule has 14 heteroatoms. The monoisotopic (exact) mass is 708 g/mol. The summed E-state index contributed by atoms with van der Waals surface area (Å²) < 4.78 is 28.4. The summed E-state index contributed by atoms with van der Waals surface area (Å²) in [5, 5.41) is 9.90. The second kappa shape index (κ2) is 13.9. The first-order valence-corrected chi connectivity index (χ1v) is 16.9. The maximum atomic E-state index is 15.0. The maximum absolute atomic E-state index is 15.0. The van der Waals surface area contributed by atoms with E-state index in [2.05, 4.69) is 21.5 Å². The molecule has 6 amide bonds. The highest BCUT2D eigenvalue weighted by Crippen LogP contribution is 2.38. The normalized spacial score (nSPS) is 22.8. The number of amides is 6. The van der Waals surface area contributed by atoms with Crippen molar-refractivity contribution in [2.45, 2.75) is 25.2 Å². The van der Waals surface area contributed by atoms with Crippen LogP contribution in [0, 0.1) is 11.6 Å². The largest absolute Gasteiger partial charge is 0.439 e. The van der Waals surface area contributed by atoms with Crippen LogP contribution in [-0.4, -0.2) is 71.4 Å². The zero-order chi connectivity index (χ0) is 36.6. The Morgan fingerprint density at radius 1 is 0.577 bits per heavy atom. The Morgan fingerprint density at radius 3 is 1.23 bits per heavy atom. The summed E-state index contributed by atoms with van der Waals surface area (Å²) in [5.74, 6) is 8.41.